The van der Waals surface area contributed by atoms with Crippen molar-refractivity contribution in [1.82, 2.24) is 4.98 Å². The normalized spacial score (nSPS) is 10.0. The monoisotopic (exact) mass is 217 g/mol. The van der Waals surface area contributed by atoms with Gasteiger partial charge >= 0.3 is 0 Å². The molecule has 1 radical (unpaired) electrons. The number of carbonyl (C=O) groups excluding carboxylic acids is 1. The number of carbonyl (C=O) groups is 1. The van der Waals surface area contributed by atoms with Crippen molar-refractivity contribution < 1.29 is 4.79 Å². The van der Waals surface area contributed by atoms with Crippen LogP contribution in [0.15, 0.2) is 12.4 Å². The third-order valence-corrected chi connectivity index (χ3v) is 2.00. The molecule has 0 aliphatic rings. The van der Waals surface area contributed by atoms with E-state index in [1.54, 1.807) is 6.42 Å². The molecule has 0 atom stereocenters. The van der Waals surface area contributed by atoms with Crippen LogP contribution in [0.25, 0.3) is 0 Å². The van der Waals surface area contributed by atoms with Gasteiger partial charge in [0.25, 0.3) is 0 Å². The van der Waals surface area contributed by atoms with Gasteiger partial charge in [-0.25, -0.2) is 0 Å². The van der Waals surface area contributed by atoms with Crippen molar-refractivity contribution in [2.24, 2.45) is 5.73 Å². The lowest BCUT2D eigenvalue weighted by Gasteiger charge is -2.03. The number of aromatic nitrogens is 1. The van der Waals surface area contributed by atoms with Crippen LogP contribution in [0.3, 0.4) is 0 Å². The molecule has 0 saturated carbocycles. The lowest BCUT2D eigenvalue weighted by molar-refractivity contribution is -0.117. The number of primary amides is 1. The zero-order chi connectivity index (χ0) is 9.84. The Bertz CT molecular complexity index is 308. The van der Waals surface area contributed by atoms with Crippen LogP contribution in [0.5, 0.6) is 0 Å². The van der Waals surface area contributed by atoms with Gasteiger partial charge in [0.15, 0.2) is 0 Å². The number of nitrogens with two attached hydrogens (primary N) is 1. The molecule has 0 aliphatic heterocycles. The Labute approximate surface area is 85.9 Å². The highest BCUT2D eigenvalue weighted by atomic mass is 35.5. The Hall–Kier alpha value is -0.800. The molecule has 1 amide bonds. The molecule has 3 nitrogen and oxygen atoms in total. The van der Waals surface area contributed by atoms with Gasteiger partial charge in [-0.1, -0.05) is 23.2 Å². The van der Waals surface area contributed by atoms with E-state index in [1.165, 1.54) is 12.4 Å². The molecule has 0 fully saturated rings. The topological polar surface area (TPSA) is 56.0 Å². The Morgan fingerprint density at radius 2 is 2.00 bits per heavy atom. The van der Waals surface area contributed by atoms with Crippen LogP contribution in [0.4, 0.5) is 0 Å². The van der Waals surface area contributed by atoms with Crippen molar-refractivity contribution in [2.45, 2.75) is 6.42 Å². The van der Waals surface area contributed by atoms with Crippen LogP contribution in [-0.4, -0.2) is 10.9 Å². The predicted octanol–water partition coefficient (Wildman–Crippen LogP) is 1.82. The minimum Gasteiger partial charge on any atom is -0.370 e. The summed E-state index contributed by atoms with van der Waals surface area (Å²) in [5.41, 5.74) is 5.56. The van der Waals surface area contributed by atoms with E-state index in [4.69, 9.17) is 28.9 Å². The fraction of sp³-hybridized carbons (Fsp3) is 0.125. The van der Waals surface area contributed by atoms with Gasteiger partial charge in [0.05, 0.1) is 10.0 Å². The second kappa shape index (κ2) is 4.44. The maximum absolute atomic E-state index is 10.5. The molecule has 0 spiro atoms. The largest absolute Gasteiger partial charge is 0.370 e. The quantitative estimate of drug-likeness (QED) is 0.840. The summed E-state index contributed by atoms with van der Waals surface area (Å²) in [6.07, 6.45) is 4.61. The van der Waals surface area contributed by atoms with Crippen LogP contribution in [0.1, 0.15) is 12.0 Å². The summed E-state index contributed by atoms with van der Waals surface area (Å²) in [6, 6.07) is 0. The summed E-state index contributed by atoms with van der Waals surface area (Å²) in [6.45, 7) is 0. The average Bonchev–Trinajstić information content (AvgIpc) is 2.03. The smallest absolute Gasteiger partial charge is 0.218 e. The predicted molar refractivity (Wildman–Crippen MR) is 51.5 cm³/mol. The zero-order valence-corrected chi connectivity index (χ0v) is 8.14. The van der Waals surface area contributed by atoms with Crippen LogP contribution < -0.4 is 5.73 Å². The van der Waals surface area contributed by atoms with E-state index in [0.29, 0.717) is 15.6 Å². The summed E-state index contributed by atoms with van der Waals surface area (Å²) in [5, 5.41) is 0.822. The fourth-order valence-corrected chi connectivity index (χ4v) is 1.34. The van der Waals surface area contributed by atoms with Crippen molar-refractivity contribution in [1.29, 1.82) is 0 Å². The van der Waals surface area contributed by atoms with Gasteiger partial charge in [-0.15, -0.1) is 0 Å². The van der Waals surface area contributed by atoms with Gasteiger partial charge in [-0.3, -0.25) is 9.78 Å². The minimum atomic E-state index is -0.427. The van der Waals surface area contributed by atoms with E-state index >= 15 is 0 Å². The molecule has 0 aliphatic carbocycles. The first-order valence-corrected chi connectivity index (χ1v) is 4.27. The molecule has 0 aromatic carbocycles. The van der Waals surface area contributed by atoms with Gasteiger partial charge in [0, 0.05) is 25.2 Å². The van der Waals surface area contributed by atoms with Crippen molar-refractivity contribution in [3.05, 3.63) is 34.4 Å². The summed E-state index contributed by atoms with van der Waals surface area (Å²) in [5.74, 6) is -0.427. The van der Waals surface area contributed by atoms with E-state index in [9.17, 15) is 4.79 Å². The van der Waals surface area contributed by atoms with E-state index < -0.39 is 5.91 Å². The van der Waals surface area contributed by atoms with Crippen molar-refractivity contribution in [3.8, 4) is 0 Å². The van der Waals surface area contributed by atoms with E-state index in [2.05, 4.69) is 4.98 Å². The lowest BCUT2D eigenvalue weighted by Crippen LogP contribution is -2.10. The van der Waals surface area contributed by atoms with Crippen LogP contribution in [0, 0.1) is 6.42 Å². The molecule has 0 unspecified atom stereocenters. The van der Waals surface area contributed by atoms with Crippen LogP contribution >= 0.6 is 23.2 Å². The van der Waals surface area contributed by atoms with E-state index in [1.807, 2.05) is 0 Å². The van der Waals surface area contributed by atoms with Crippen molar-refractivity contribution in [3.63, 3.8) is 0 Å². The molecule has 0 saturated heterocycles. The minimum absolute atomic E-state index is 0.115. The lowest BCUT2D eigenvalue weighted by atomic mass is 10.1. The first-order valence-electron chi connectivity index (χ1n) is 3.51. The van der Waals surface area contributed by atoms with Crippen molar-refractivity contribution in [2.75, 3.05) is 0 Å². The van der Waals surface area contributed by atoms with Gasteiger partial charge in [0.1, 0.15) is 0 Å². The average molecular weight is 218 g/mol. The van der Waals surface area contributed by atoms with E-state index in [-0.39, 0.29) is 6.42 Å². The molecule has 5 heteroatoms. The summed E-state index contributed by atoms with van der Waals surface area (Å²) in [4.78, 5) is 14.3. The molecule has 2 N–H and O–H groups in total. The summed E-state index contributed by atoms with van der Waals surface area (Å²) >= 11 is 11.6. The molecule has 0 bridgehead atoms. The van der Waals surface area contributed by atoms with Gasteiger partial charge in [0.2, 0.25) is 5.91 Å². The Kier molecular flexibility index (Phi) is 3.51. The maximum atomic E-state index is 10.5. The SMILES string of the molecule is NC(=O)C[CH]c1c(Cl)cncc1Cl. The Morgan fingerprint density at radius 3 is 2.46 bits per heavy atom. The molecule has 1 aromatic heterocycles. The zero-order valence-electron chi connectivity index (χ0n) is 6.63. The first kappa shape index (κ1) is 10.3. The number of hydrogen-bond donors (Lipinski definition) is 1. The van der Waals surface area contributed by atoms with Crippen LogP contribution in [0.2, 0.25) is 10.0 Å². The molecule has 1 aromatic rings. The standard InChI is InChI=1S/C8H7Cl2N2O/c9-6-3-12-4-7(10)5(6)1-2-8(11)13/h1,3-4H,2H2,(H2,11,13). The Morgan fingerprint density at radius 1 is 1.46 bits per heavy atom. The molecule has 69 valence electrons. The summed E-state index contributed by atoms with van der Waals surface area (Å²) in [7, 11) is 0. The van der Waals surface area contributed by atoms with E-state index in [0.717, 1.165) is 0 Å². The molecular weight excluding hydrogens is 211 g/mol. The highest BCUT2D eigenvalue weighted by molar-refractivity contribution is 6.36. The number of amides is 1. The molecule has 1 rings (SSSR count). The second-order valence-corrected chi connectivity index (χ2v) is 3.21. The van der Waals surface area contributed by atoms with Crippen LogP contribution in [-0.2, 0) is 4.79 Å². The number of hydrogen-bond acceptors (Lipinski definition) is 2. The van der Waals surface area contributed by atoms with Gasteiger partial charge in [-0.2, -0.15) is 0 Å². The molecule has 1 heterocycles. The van der Waals surface area contributed by atoms with Crippen molar-refractivity contribution >= 4 is 29.1 Å². The highest BCUT2D eigenvalue weighted by Crippen LogP contribution is 2.24. The highest BCUT2D eigenvalue weighted by Gasteiger charge is 2.07. The maximum Gasteiger partial charge on any atom is 0.218 e. The first-order chi connectivity index (χ1) is 6.11. The number of halogens is 2. The fourth-order valence-electron chi connectivity index (χ4n) is 0.819. The second-order valence-electron chi connectivity index (χ2n) is 2.39. The third-order valence-electron chi connectivity index (χ3n) is 1.40. The summed E-state index contributed by atoms with van der Waals surface area (Å²) < 4.78 is 0. The Balaban J connectivity index is 2.81. The number of pyridine rings is 1. The number of rotatable bonds is 3. The van der Waals surface area contributed by atoms with Gasteiger partial charge in [-0.05, 0) is 5.56 Å². The molecule has 13 heavy (non-hydrogen) atoms. The molecular formula is C8H7Cl2N2O. The number of nitrogens with zero attached hydrogens (tertiary/aromatic N) is 1. The van der Waals surface area contributed by atoms with Gasteiger partial charge < -0.3 is 5.73 Å². The third kappa shape index (κ3) is 2.86.